The first-order valence-corrected chi connectivity index (χ1v) is 10.9. The Balaban J connectivity index is 1.69. The Kier molecular flexibility index (Phi) is 5.81. The molecule has 3 heterocycles. The van der Waals surface area contributed by atoms with Crippen LogP contribution in [0.15, 0.2) is 34.7 Å². The largest absolute Gasteiger partial charge is 0.356 e. The number of hydrogen-bond donors (Lipinski definition) is 2. The molecule has 0 aliphatic carbocycles. The van der Waals surface area contributed by atoms with Crippen molar-refractivity contribution in [2.24, 2.45) is 0 Å². The number of likely N-dealkylation sites (tertiary alicyclic amines) is 1. The molecule has 1 fully saturated rings. The van der Waals surface area contributed by atoms with Gasteiger partial charge in [0.1, 0.15) is 10.6 Å². The molecule has 9 heteroatoms. The number of H-pyrrole nitrogens is 1. The van der Waals surface area contributed by atoms with Crippen LogP contribution in [-0.4, -0.2) is 62.8 Å². The van der Waals surface area contributed by atoms with Gasteiger partial charge in [0.15, 0.2) is 0 Å². The molecule has 0 spiro atoms. The fraction of sp³-hybridized carbons (Fsp3) is 0.471. The van der Waals surface area contributed by atoms with E-state index in [2.05, 4.69) is 9.71 Å². The minimum absolute atomic E-state index is 0.0468. The topological polar surface area (TPSA) is 85.5 Å². The maximum Gasteiger partial charge on any atom is 0.270 e. The minimum atomic E-state index is -3.69. The Hall–Kier alpha value is -1.68. The van der Waals surface area contributed by atoms with Gasteiger partial charge in [-0.1, -0.05) is 6.07 Å². The number of sulfonamides is 1. The highest BCUT2D eigenvalue weighted by molar-refractivity contribution is 7.89. The first-order chi connectivity index (χ1) is 12.4. The van der Waals surface area contributed by atoms with Crippen LogP contribution in [-0.2, 0) is 10.0 Å². The van der Waals surface area contributed by atoms with Gasteiger partial charge in [-0.3, -0.25) is 4.79 Å². The van der Waals surface area contributed by atoms with Crippen molar-refractivity contribution in [3.63, 3.8) is 0 Å². The van der Waals surface area contributed by atoms with Gasteiger partial charge in [0.2, 0.25) is 10.0 Å². The average Bonchev–Trinajstić information content (AvgIpc) is 3.34. The second-order valence-corrected chi connectivity index (χ2v) is 9.34. The summed E-state index contributed by atoms with van der Waals surface area (Å²) in [4.78, 5) is 20.1. The summed E-state index contributed by atoms with van der Waals surface area (Å²) in [6.45, 7) is 1.71. The number of carbonyl (C=O) groups excluding carboxylic acids is 1. The van der Waals surface area contributed by atoms with E-state index in [-0.39, 0.29) is 23.4 Å². The molecule has 1 aliphatic rings. The maximum absolute atomic E-state index is 12.6. The molecule has 1 amide bonds. The zero-order valence-electron chi connectivity index (χ0n) is 14.9. The molecule has 1 atom stereocenters. The number of amides is 1. The summed E-state index contributed by atoms with van der Waals surface area (Å²) >= 11 is 1.60. The lowest BCUT2D eigenvalue weighted by Crippen LogP contribution is -2.34. The van der Waals surface area contributed by atoms with Crippen LogP contribution in [0.1, 0.15) is 34.2 Å². The van der Waals surface area contributed by atoms with Crippen LogP contribution in [0.5, 0.6) is 0 Å². The fourth-order valence-electron chi connectivity index (χ4n) is 3.03. The van der Waals surface area contributed by atoms with Crippen LogP contribution in [0.2, 0.25) is 0 Å². The number of aromatic amines is 1. The number of rotatable bonds is 7. The fourth-order valence-corrected chi connectivity index (χ4v) is 4.99. The Morgan fingerprint density at radius 3 is 2.73 bits per heavy atom. The van der Waals surface area contributed by atoms with Crippen LogP contribution in [0.25, 0.3) is 0 Å². The van der Waals surface area contributed by atoms with Crippen molar-refractivity contribution in [2.75, 3.05) is 33.7 Å². The molecule has 2 aromatic rings. The standard InChI is InChI=1S/C17H24N4O3S2/c1-20(2)15(16-6-5-9-25-16)12-19-26(23,24)13-10-14(18-11-13)17(22)21-7-3-4-8-21/h5-6,9-11,15,18-19H,3-4,7-8,12H2,1-2H3. The Labute approximate surface area is 158 Å². The first kappa shape index (κ1) is 19.1. The second-order valence-electron chi connectivity index (χ2n) is 6.60. The monoisotopic (exact) mass is 396 g/mol. The van der Waals surface area contributed by atoms with E-state index in [4.69, 9.17) is 0 Å². The maximum atomic E-state index is 12.6. The van der Waals surface area contributed by atoms with Crippen LogP contribution >= 0.6 is 11.3 Å². The van der Waals surface area contributed by atoms with Gasteiger partial charge < -0.3 is 14.8 Å². The number of aromatic nitrogens is 1. The third-order valence-corrected chi connectivity index (χ3v) is 6.93. The molecule has 1 aliphatic heterocycles. The molecule has 3 rings (SSSR count). The number of likely N-dealkylation sites (N-methyl/N-ethyl adjacent to an activating group) is 1. The molecule has 0 saturated carbocycles. The SMILES string of the molecule is CN(C)C(CNS(=O)(=O)c1c[nH]c(C(=O)N2CCCC2)c1)c1cccs1. The molecule has 7 nitrogen and oxygen atoms in total. The highest BCUT2D eigenvalue weighted by Crippen LogP contribution is 2.23. The summed E-state index contributed by atoms with van der Waals surface area (Å²) in [5.74, 6) is -0.145. The Morgan fingerprint density at radius 1 is 1.38 bits per heavy atom. The predicted molar refractivity (Wildman–Crippen MR) is 102 cm³/mol. The number of nitrogens with zero attached hydrogens (tertiary/aromatic N) is 2. The van der Waals surface area contributed by atoms with Crippen molar-refractivity contribution < 1.29 is 13.2 Å². The molecule has 142 valence electrons. The van der Waals surface area contributed by atoms with Crippen molar-refractivity contribution in [3.8, 4) is 0 Å². The minimum Gasteiger partial charge on any atom is -0.356 e. The van der Waals surface area contributed by atoms with Crippen molar-refractivity contribution in [1.82, 2.24) is 19.5 Å². The van der Waals surface area contributed by atoms with Crippen LogP contribution in [0, 0.1) is 0 Å². The molecule has 2 N–H and O–H groups in total. The number of thiophene rings is 1. The van der Waals surface area contributed by atoms with E-state index in [0.29, 0.717) is 5.69 Å². The van der Waals surface area contributed by atoms with E-state index < -0.39 is 10.0 Å². The molecule has 2 aromatic heterocycles. The molecule has 0 radical (unpaired) electrons. The van der Waals surface area contributed by atoms with Gasteiger partial charge in [0.25, 0.3) is 5.91 Å². The Bertz CT molecular complexity index is 837. The van der Waals surface area contributed by atoms with Crippen LogP contribution in [0.4, 0.5) is 0 Å². The van der Waals surface area contributed by atoms with Gasteiger partial charge in [-0.15, -0.1) is 11.3 Å². The lowest BCUT2D eigenvalue weighted by Gasteiger charge is -2.23. The van der Waals surface area contributed by atoms with Crippen LogP contribution in [0.3, 0.4) is 0 Å². The van der Waals surface area contributed by atoms with Gasteiger partial charge in [0.05, 0.1) is 6.04 Å². The number of carbonyl (C=O) groups is 1. The summed E-state index contributed by atoms with van der Waals surface area (Å²) in [7, 11) is 0.147. The van der Waals surface area contributed by atoms with E-state index >= 15 is 0 Å². The molecular weight excluding hydrogens is 372 g/mol. The molecule has 0 aromatic carbocycles. The van der Waals surface area contributed by atoms with Crippen molar-refractivity contribution in [2.45, 2.75) is 23.8 Å². The summed E-state index contributed by atoms with van der Waals surface area (Å²) in [6.07, 6.45) is 3.36. The third-order valence-electron chi connectivity index (χ3n) is 4.55. The smallest absolute Gasteiger partial charge is 0.270 e. The van der Waals surface area contributed by atoms with Gasteiger partial charge >= 0.3 is 0 Å². The van der Waals surface area contributed by atoms with Crippen molar-refractivity contribution in [3.05, 3.63) is 40.3 Å². The van der Waals surface area contributed by atoms with E-state index in [1.807, 2.05) is 36.5 Å². The quantitative estimate of drug-likeness (QED) is 0.748. The summed E-state index contributed by atoms with van der Waals surface area (Å²) < 4.78 is 27.9. The number of nitrogens with one attached hydrogen (secondary N) is 2. The predicted octanol–water partition coefficient (Wildman–Crippen LogP) is 1.89. The molecule has 26 heavy (non-hydrogen) atoms. The van der Waals surface area contributed by atoms with Gasteiger partial charge in [0, 0.05) is 30.7 Å². The van der Waals surface area contributed by atoms with Crippen LogP contribution < -0.4 is 4.72 Å². The number of hydrogen-bond acceptors (Lipinski definition) is 5. The molecule has 0 bridgehead atoms. The summed E-state index contributed by atoms with van der Waals surface area (Å²) in [5.41, 5.74) is 0.315. The van der Waals surface area contributed by atoms with Gasteiger partial charge in [-0.25, -0.2) is 13.1 Å². The lowest BCUT2D eigenvalue weighted by molar-refractivity contribution is 0.0787. The second kappa shape index (κ2) is 7.91. The zero-order valence-corrected chi connectivity index (χ0v) is 16.6. The van der Waals surface area contributed by atoms with E-state index in [1.54, 1.807) is 16.2 Å². The van der Waals surface area contributed by atoms with E-state index in [1.165, 1.54) is 12.3 Å². The Morgan fingerprint density at radius 2 is 2.12 bits per heavy atom. The van der Waals surface area contributed by atoms with E-state index in [9.17, 15) is 13.2 Å². The van der Waals surface area contributed by atoms with E-state index in [0.717, 1.165) is 30.8 Å². The van der Waals surface area contributed by atoms with Crippen molar-refractivity contribution >= 4 is 27.3 Å². The molecular formula is C17H24N4O3S2. The first-order valence-electron chi connectivity index (χ1n) is 8.55. The summed E-state index contributed by atoms with van der Waals surface area (Å²) in [6, 6.07) is 5.31. The molecule has 1 saturated heterocycles. The average molecular weight is 397 g/mol. The van der Waals surface area contributed by atoms with Crippen molar-refractivity contribution in [1.29, 1.82) is 0 Å². The lowest BCUT2D eigenvalue weighted by atomic mass is 10.2. The van der Waals surface area contributed by atoms with Gasteiger partial charge in [-0.2, -0.15) is 0 Å². The summed E-state index contributed by atoms with van der Waals surface area (Å²) in [5, 5.41) is 1.97. The zero-order chi connectivity index (χ0) is 18.7. The normalized spacial score (nSPS) is 16.3. The van der Waals surface area contributed by atoms with Gasteiger partial charge in [-0.05, 0) is 44.4 Å². The third kappa shape index (κ3) is 4.17. The molecule has 1 unspecified atom stereocenters. The highest BCUT2D eigenvalue weighted by Gasteiger charge is 2.25. The highest BCUT2D eigenvalue weighted by atomic mass is 32.2.